The van der Waals surface area contributed by atoms with E-state index in [0.29, 0.717) is 23.1 Å². The Bertz CT molecular complexity index is 767. The van der Waals surface area contributed by atoms with E-state index in [1.807, 2.05) is 36.0 Å². The fraction of sp³-hybridized carbons (Fsp3) is 0.133. The van der Waals surface area contributed by atoms with Crippen molar-refractivity contribution in [2.45, 2.75) is 6.61 Å². The topological polar surface area (TPSA) is 53.1 Å². The van der Waals surface area contributed by atoms with Crippen LogP contribution in [0, 0.1) is 0 Å². The van der Waals surface area contributed by atoms with Crippen LogP contribution in [0.2, 0.25) is 5.02 Å². The van der Waals surface area contributed by atoms with Crippen molar-refractivity contribution in [1.82, 2.24) is 9.78 Å². The summed E-state index contributed by atoms with van der Waals surface area (Å²) in [6.45, 7) is 0.368. The summed E-state index contributed by atoms with van der Waals surface area (Å²) in [6, 6.07) is 13.2. The Hall–Kier alpha value is -2.20. The SMILES string of the molecule is Cn1nc(COc2ccc(Cl)cc2N)c2ccccc21. The van der Waals surface area contributed by atoms with Crippen LogP contribution in [0.5, 0.6) is 5.75 Å². The molecule has 0 amide bonds. The number of benzene rings is 2. The summed E-state index contributed by atoms with van der Waals surface area (Å²) in [7, 11) is 1.92. The van der Waals surface area contributed by atoms with Crippen LogP contribution in [0.15, 0.2) is 42.5 Å². The Labute approximate surface area is 121 Å². The smallest absolute Gasteiger partial charge is 0.142 e. The normalized spacial score (nSPS) is 10.9. The quantitative estimate of drug-likeness (QED) is 0.751. The molecule has 1 heterocycles. The van der Waals surface area contributed by atoms with E-state index in [0.717, 1.165) is 16.6 Å². The molecule has 0 atom stereocenters. The number of aromatic nitrogens is 2. The Kier molecular flexibility index (Phi) is 3.24. The lowest BCUT2D eigenvalue weighted by atomic mass is 10.2. The highest BCUT2D eigenvalue weighted by atomic mass is 35.5. The van der Waals surface area contributed by atoms with Gasteiger partial charge < -0.3 is 10.5 Å². The van der Waals surface area contributed by atoms with Gasteiger partial charge in [0.1, 0.15) is 18.1 Å². The molecule has 0 aliphatic carbocycles. The summed E-state index contributed by atoms with van der Waals surface area (Å²) in [4.78, 5) is 0. The summed E-state index contributed by atoms with van der Waals surface area (Å²) in [5.41, 5.74) is 8.36. The number of ether oxygens (including phenoxy) is 1. The summed E-state index contributed by atoms with van der Waals surface area (Å²) in [5, 5.41) is 6.16. The van der Waals surface area contributed by atoms with E-state index in [9.17, 15) is 0 Å². The maximum Gasteiger partial charge on any atom is 0.142 e. The molecule has 5 heteroatoms. The van der Waals surface area contributed by atoms with E-state index in [-0.39, 0.29) is 0 Å². The van der Waals surface area contributed by atoms with Crippen LogP contribution >= 0.6 is 11.6 Å². The Morgan fingerprint density at radius 2 is 2.05 bits per heavy atom. The highest BCUT2D eigenvalue weighted by Gasteiger charge is 2.09. The number of halogens is 1. The van der Waals surface area contributed by atoms with Gasteiger partial charge in [-0.2, -0.15) is 5.10 Å². The molecule has 0 spiro atoms. The van der Waals surface area contributed by atoms with Crippen molar-refractivity contribution in [2.24, 2.45) is 7.05 Å². The second-order valence-corrected chi connectivity index (χ2v) is 4.99. The summed E-state index contributed by atoms with van der Waals surface area (Å²) < 4.78 is 7.59. The van der Waals surface area contributed by atoms with Gasteiger partial charge in [0.05, 0.1) is 11.2 Å². The second kappa shape index (κ2) is 5.06. The molecule has 0 unspecified atom stereocenters. The summed E-state index contributed by atoms with van der Waals surface area (Å²) in [6.07, 6.45) is 0. The highest BCUT2D eigenvalue weighted by Crippen LogP contribution is 2.26. The van der Waals surface area contributed by atoms with Crippen LogP contribution in [-0.4, -0.2) is 9.78 Å². The number of hydrogen-bond acceptors (Lipinski definition) is 3. The van der Waals surface area contributed by atoms with Gasteiger partial charge in [-0.15, -0.1) is 0 Å². The first-order chi connectivity index (χ1) is 9.65. The first kappa shape index (κ1) is 12.8. The molecule has 0 fully saturated rings. The maximum atomic E-state index is 5.87. The predicted molar refractivity (Wildman–Crippen MR) is 80.9 cm³/mol. The summed E-state index contributed by atoms with van der Waals surface area (Å²) >= 11 is 5.86. The third kappa shape index (κ3) is 2.30. The van der Waals surface area contributed by atoms with Crippen molar-refractivity contribution < 1.29 is 4.74 Å². The van der Waals surface area contributed by atoms with Crippen molar-refractivity contribution in [3.63, 3.8) is 0 Å². The van der Waals surface area contributed by atoms with Gasteiger partial charge in [0.25, 0.3) is 0 Å². The highest BCUT2D eigenvalue weighted by molar-refractivity contribution is 6.30. The van der Waals surface area contributed by atoms with Crippen LogP contribution in [0.3, 0.4) is 0 Å². The molecule has 2 N–H and O–H groups in total. The molecule has 0 saturated carbocycles. The number of anilines is 1. The standard InChI is InChI=1S/C15H14ClN3O/c1-19-14-5-3-2-4-11(14)13(18-19)9-20-15-7-6-10(16)8-12(15)17/h2-8H,9,17H2,1H3. The number of fused-ring (bicyclic) bond motifs is 1. The van der Waals surface area contributed by atoms with Gasteiger partial charge in [-0.1, -0.05) is 29.8 Å². The molecule has 2 aromatic carbocycles. The lowest BCUT2D eigenvalue weighted by molar-refractivity contribution is 0.303. The fourth-order valence-electron chi connectivity index (χ4n) is 2.19. The molecule has 0 bridgehead atoms. The number of nitrogen functional groups attached to an aromatic ring is 1. The first-order valence-electron chi connectivity index (χ1n) is 6.23. The minimum atomic E-state index is 0.368. The second-order valence-electron chi connectivity index (χ2n) is 4.56. The number of nitrogens with two attached hydrogens (primary N) is 1. The van der Waals surface area contributed by atoms with E-state index in [2.05, 4.69) is 5.10 Å². The fourth-order valence-corrected chi connectivity index (χ4v) is 2.37. The molecule has 102 valence electrons. The number of hydrogen-bond donors (Lipinski definition) is 1. The van der Waals surface area contributed by atoms with Crippen LogP contribution < -0.4 is 10.5 Å². The Balaban J connectivity index is 1.87. The van der Waals surface area contributed by atoms with E-state index in [1.165, 1.54) is 0 Å². The van der Waals surface area contributed by atoms with Gasteiger partial charge in [-0.3, -0.25) is 4.68 Å². The molecule has 0 radical (unpaired) electrons. The van der Waals surface area contributed by atoms with Crippen molar-refractivity contribution in [3.8, 4) is 5.75 Å². The Morgan fingerprint density at radius 3 is 2.85 bits per heavy atom. The molecule has 1 aromatic heterocycles. The van der Waals surface area contributed by atoms with Gasteiger partial charge in [-0.25, -0.2) is 0 Å². The van der Waals surface area contributed by atoms with Crippen molar-refractivity contribution in [3.05, 3.63) is 53.2 Å². The molecular formula is C15H14ClN3O. The van der Waals surface area contributed by atoms with E-state index in [4.69, 9.17) is 22.1 Å². The zero-order valence-corrected chi connectivity index (χ0v) is 11.8. The van der Waals surface area contributed by atoms with Crippen LogP contribution in [-0.2, 0) is 13.7 Å². The third-order valence-corrected chi connectivity index (χ3v) is 3.41. The monoisotopic (exact) mass is 287 g/mol. The molecule has 20 heavy (non-hydrogen) atoms. The zero-order chi connectivity index (χ0) is 14.1. The van der Waals surface area contributed by atoms with Gasteiger partial charge in [-0.05, 0) is 24.3 Å². The number of nitrogens with zero attached hydrogens (tertiary/aromatic N) is 2. The predicted octanol–water partition coefficient (Wildman–Crippen LogP) is 3.39. The van der Waals surface area contributed by atoms with Crippen molar-refractivity contribution >= 4 is 28.2 Å². The minimum absolute atomic E-state index is 0.368. The number of aryl methyl sites for hydroxylation is 1. The van der Waals surface area contributed by atoms with Crippen LogP contribution in [0.25, 0.3) is 10.9 Å². The largest absolute Gasteiger partial charge is 0.485 e. The molecule has 4 nitrogen and oxygen atoms in total. The summed E-state index contributed by atoms with van der Waals surface area (Å²) in [5.74, 6) is 0.615. The van der Waals surface area contributed by atoms with E-state index in [1.54, 1.807) is 18.2 Å². The van der Waals surface area contributed by atoms with Gasteiger partial charge in [0.2, 0.25) is 0 Å². The zero-order valence-electron chi connectivity index (χ0n) is 11.0. The van der Waals surface area contributed by atoms with Crippen molar-refractivity contribution in [2.75, 3.05) is 5.73 Å². The van der Waals surface area contributed by atoms with E-state index >= 15 is 0 Å². The minimum Gasteiger partial charge on any atom is -0.485 e. The lowest BCUT2D eigenvalue weighted by Gasteiger charge is -2.07. The molecular weight excluding hydrogens is 274 g/mol. The number of rotatable bonds is 3. The average molecular weight is 288 g/mol. The maximum absolute atomic E-state index is 5.87. The molecule has 3 rings (SSSR count). The van der Waals surface area contributed by atoms with E-state index < -0.39 is 0 Å². The average Bonchev–Trinajstić information content (AvgIpc) is 2.75. The first-order valence-corrected chi connectivity index (χ1v) is 6.61. The third-order valence-electron chi connectivity index (χ3n) is 3.17. The molecule has 0 aliphatic rings. The van der Waals surface area contributed by atoms with Crippen LogP contribution in [0.1, 0.15) is 5.69 Å². The Morgan fingerprint density at radius 1 is 1.25 bits per heavy atom. The van der Waals surface area contributed by atoms with Gasteiger partial charge in [0, 0.05) is 17.5 Å². The van der Waals surface area contributed by atoms with Crippen molar-refractivity contribution in [1.29, 1.82) is 0 Å². The molecule has 3 aromatic rings. The lowest BCUT2D eigenvalue weighted by Crippen LogP contribution is -2.00. The van der Waals surface area contributed by atoms with Gasteiger partial charge in [0.15, 0.2) is 0 Å². The molecule has 0 aliphatic heterocycles. The molecule has 0 saturated heterocycles. The number of para-hydroxylation sites is 1. The van der Waals surface area contributed by atoms with Crippen LogP contribution in [0.4, 0.5) is 5.69 Å². The van der Waals surface area contributed by atoms with Gasteiger partial charge >= 0.3 is 0 Å².